The number of fused-ring (bicyclic) bond motifs is 1. The van der Waals surface area contributed by atoms with Crippen molar-refractivity contribution in [2.24, 2.45) is 0 Å². The molecule has 1 aromatic carbocycles. The average Bonchev–Trinajstić information content (AvgIpc) is 3.11. The largest absolute Gasteiger partial charge is 0.378 e. The minimum atomic E-state index is -3.00. The molecule has 0 atom stereocenters. The van der Waals surface area contributed by atoms with E-state index in [1.54, 1.807) is 6.07 Å². The number of carbonyl (C=O) groups excluding carboxylic acids is 1. The number of aromatic amines is 1. The van der Waals surface area contributed by atoms with Gasteiger partial charge in [0.1, 0.15) is 11.6 Å². The van der Waals surface area contributed by atoms with Crippen molar-refractivity contribution in [3.8, 4) is 0 Å². The summed E-state index contributed by atoms with van der Waals surface area (Å²) in [6, 6.07) is 6.00. The van der Waals surface area contributed by atoms with E-state index in [1.807, 2.05) is 4.90 Å². The zero-order valence-electron chi connectivity index (χ0n) is 15.5. The fraction of sp³-hybridized carbons (Fsp3) is 0.421. The quantitative estimate of drug-likeness (QED) is 0.499. The Bertz CT molecular complexity index is 986. The van der Waals surface area contributed by atoms with Crippen LogP contribution in [0.1, 0.15) is 17.0 Å². The number of aromatic nitrogens is 2. The van der Waals surface area contributed by atoms with Gasteiger partial charge in [0, 0.05) is 59.5 Å². The van der Waals surface area contributed by atoms with Gasteiger partial charge in [-0.05, 0) is 18.1 Å². The number of nitrogens with one attached hydrogen (secondary N) is 1. The van der Waals surface area contributed by atoms with Crippen LogP contribution in [0.5, 0.6) is 0 Å². The topological polar surface area (TPSA) is 78.5 Å². The van der Waals surface area contributed by atoms with Crippen LogP contribution in [0.2, 0.25) is 0 Å². The molecule has 0 unspecified atom stereocenters. The Labute approximate surface area is 179 Å². The van der Waals surface area contributed by atoms with Gasteiger partial charge in [0.05, 0.1) is 19.6 Å². The Morgan fingerprint density at radius 3 is 2.76 bits per heavy atom. The first-order valence-corrected chi connectivity index (χ1v) is 10.3. The van der Waals surface area contributed by atoms with Crippen molar-refractivity contribution in [2.45, 2.75) is 16.8 Å². The van der Waals surface area contributed by atoms with E-state index in [2.05, 4.69) is 9.97 Å². The number of alkyl halides is 3. The molecule has 0 aliphatic carbocycles. The molecule has 1 amide bonds. The first-order valence-electron chi connectivity index (χ1n) is 9.25. The minimum absolute atomic E-state index is 0.0632. The molecule has 0 bridgehead atoms. The molecule has 3 heterocycles. The fourth-order valence-corrected chi connectivity index (χ4v) is 4.24. The van der Waals surface area contributed by atoms with Crippen molar-refractivity contribution >= 4 is 40.0 Å². The fourth-order valence-electron chi connectivity index (χ4n) is 3.73. The number of nitrogens with zero attached hydrogens (tertiary/aromatic N) is 3. The third-order valence-corrected chi connectivity index (χ3v) is 5.65. The van der Waals surface area contributed by atoms with Crippen molar-refractivity contribution < 1.29 is 18.3 Å². The van der Waals surface area contributed by atoms with Crippen molar-refractivity contribution in [1.82, 2.24) is 9.97 Å². The Hall–Kier alpha value is -2.08. The Balaban J connectivity index is 1.56. The lowest BCUT2D eigenvalue weighted by Crippen LogP contribution is -2.38. The average molecular weight is 516 g/mol. The highest BCUT2D eigenvalue weighted by Gasteiger charge is 2.35. The Morgan fingerprint density at radius 2 is 2.03 bits per heavy atom. The molecule has 1 aromatic heterocycles. The summed E-state index contributed by atoms with van der Waals surface area (Å²) < 4.78 is 30.1. The highest BCUT2D eigenvalue weighted by molar-refractivity contribution is 14.1. The number of rotatable bonds is 4. The van der Waals surface area contributed by atoms with Gasteiger partial charge in [-0.25, -0.2) is 4.98 Å². The molecule has 154 valence electrons. The van der Waals surface area contributed by atoms with Gasteiger partial charge in [0.2, 0.25) is 5.91 Å². The zero-order valence-corrected chi connectivity index (χ0v) is 17.6. The van der Waals surface area contributed by atoms with E-state index in [-0.39, 0.29) is 29.3 Å². The second kappa shape index (κ2) is 7.98. The van der Waals surface area contributed by atoms with E-state index in [4.69, 9.17) is 4.74 Å². The van der Waals surface area contributed by atoms with Gasteiger partial charge in [-0.3, -0.25) is 9.59 Å². The molecule has 2 aromatic rings. The third kappa shape index (κ3) is 4.27. The van der Waals surface area contributed by atoms with Crippen LogP contribution in [-0.2, 0) is 26.3 Å². The van der Waals surface area contributed by atoms with Gasteiger partial charge in [0.15, 0.2) is 0 Å². The molecule has 29 heavy (non-hydrogen) atoms. The van der Waals surface area contributed by atoms with E-state index in [9.17, 15) is 18.4 Å². The lowest BCUT2D eigenvalue weighted by atomic mass is 10.1. The van der Waals surface area contributed by atoms with E-state index in [1.165, 1.54) is 23.1 Å². The number of ether oxygens (including phenoxy) is 1. The van der Waals surface area contributed by atoms with Crippen LogP contribution in [0.15, 0.2) is 29.1 Å². The third-order valence-electron chi connectivity index (χ3n) is 5.06. The van der Waals surface area contributed by atoms with E-state index in [0.29, 0.717) is 56.3 Å². The summed E-state index contributed by atoms with van der Waals surface area (Å²) in [6.07, 6.45) is 0.255. The van der Waals surface area contributed by atoms with Crippen LogP contribution in [0, 0.1) is 0 Å². The van der Waals surface area contributed by atoms with Crippen molar-refractivity contribution in [3.05, 3.63) is 51.6 Å². The number of H-pyrrole nitrogens is 1. The summed E-state index contributed by atoms with van der Waals surface area (Å²) in [5, 5.41) is 0. The van der Waals surface area contributed by atoms with Crippen molar-refractivity contribution in [2.75, 3.05) is 42.6 Å². The lowest BCUT2D eigenvalue weighted by molar-refractivity contribution is -0.118. The summed E-state index contributed by atoms with van der Waals surface area (Å²) in [4.78, 5) is 35.4. The van der Waals surface area contributed by atoms with E-state index < -0.39 is 3.93 Å². The maximum absolute atomic E-state index is 13.9. The number of hydrogen-bond donors (Lipinski definition) is 1. The number of halogens is 3. The molecule has 0 saturated carbocycles. The van der Waals surface area contributed by atoms with E-state index >= 15 is 0 Å². The van der Waals surface area contributed by atoms with Crippen molar-refractivity contribution in [1.29, 1.82) is 0 Å². The lowest BCUT2D eigenvalue weighted by Gasteiger charge is -2.27. The molecule has 1 fully saturated rings. The van der Waals surface area contributed by atoms with Gasteiger partial charge in [-0.2, -0.15) is 8.78 Å². The molecular formula is C19H19F2IN4O3. The van der Waals surface area contributed by atoms with E-state index in [0.717, 1.165) is 22.6 Å². The molecule has 1 N–H and O–H groups in total. The maximum Gasteiger partial charge on any atom is 0.321 e. The summed E-state index contributed by atoms with van der Waals surface area (Å²) in [5.74, 6) is 0.473. The van der Waals surface area contributed by atoms with Crippen LogP contribution in [0.3, 0.4) is 0 Å². The molecule has 2 aliphatic heterocycles. The SMILES string of the molecule is O=C(Cc1nc(N2CCOCC2)cc(=O)[nH]1)N1CCc2c1cccc2C(F)(F)I. The van der Waals surface area contributed by atoms with Crippen molar-refractivity contribution in [3.63, 3.8) is 0 Å². The number of carbonyl (C=O) groups is 1. The van der Waals surface area contributed by atoms with Gasteiger partial charge in [-0.1, -0.05) is 12.1 Å². The minimum Gasteiger partial charge on any atom is -0.378 e. The summed E-state index contributed by atoms with van der Waals surface area (Å²) in [7, 11) is 0. The summed E-state index contributed by atoms with van der Waals surface area (Å²) >= 11 is 1.11. The summed E-state index contributed by atoms with van der Waals surface area (Å²) in [6.45, 7) is 2.67. The first kappa shape index (κ1) is 20.2. The second-order valence-corrected chi connectivity index (χ2v) is 8.28. The van der Waals surface area contributed by atoms with Crippen LogP contribution < -0.4 is 15.4 Å². The number of morpholine rings is 1. The first-order chi connectivity index (χ1) is 13.8. The number of hydrogen-bond acceptors (Lipinski definition) is 5. The molecule has 0 spiro atoms. The van der Waals surface area contributed by atoms with Gasteiger partial charge in [0.25, 0.3) is 5.56 Å². The highest BCUT2D eigenvalue weighted by Crippen LogP contribution is 2.42. The van der Waals surface area contributed by atoms with Gasteiger partial charge in [-0.15, -0.1) is 0 Å². The molecule has 0 radical (unpaired) electrons. The van der Waals surface area contributed by atoms with Crippen LogP contribution in [0.25, 0.3) is 0 Å². The monoisotopic (exact) mass is 516 g/mol. The zero-order chi connectivity index (χ0) is 20.6. The Morgan fingerprint density at radius 1 is 1.28 bits per heavy atom. The normalized spacial score (nSPS) is 16.8. The number of amides is 1. The molecule has 1 saturated heterocycles. The molecular weight excluding hydrogens is 497 g/mol. The van der Waals surface area contributed by atoms with Crippen LogP contribution in [-0.4, -0.2) is 48.7 Å². The van der Waals surface area contributed by atoms with Gasteiger partial charge < -0.3 is 19.5 Å². The Kier molecular flexibility index (Phi) is 5.56. The van der Waals surface area contributed by atoms with Crippen LogP contribution >= 0.6 is 22.6 Å². The predicted molar refractivity (Wildman–Crippen MR) is 112 cm³/mol. The molecule has 7 nitrogen and oxygen atoms in total. The number of benzene rings is 1. The standard InChI is InChI=1S/C19H19F2IN4O3/c20-19(21,22)13-2-1-3-14-12(13)4-5-26(14)18(28)10-15-23-16(11-17(27)24-15)25-6-8-29-9-7-25/h1-3,11H,4-10H2,(H,23,24,27). The molecule has 2 aliphatic rings. The van der Waals surface area contributed by atoms with Crippen LogP contribution in [0.4, 0.5) is 20.3 Å². The smallest absolute Gasteiger partial charge is 0.321 e. The maximum atomic E-state index is 13.9. The molecule has 4 rings (SSSR count). The molecule has 10 heteroatoms. The van der Waals surface area contributed by atoms with Gasteiger partial charge >= 0.3 is 3.93 Å². The second-order valence-electron chi connectivity index (χ2n) is 6.92. The predicted octanol–water partition coefficient (Wildman–Crippen LogP) is 2.22. The highest BCUT2D eigenvalue weighted by atomic mass is 127. The summed E-state index contributed by atoms with van der Waals surface area (Å²) in [5.41, 5.74) is 0.587. The number of anilines is 2.